The molecule has 3 nitrogen and oxygen atoms in total. The van der Waals surface area contributed by atoms with Crippen molar-refractivity contribution < 1.29 is 0 Å². The summed E-state index contributed by atoms with van der Waals surface area (Å²) in [6, 6.07) is 4.44. The molecular weight excluding hydrogens is 266 g/mol. The topological polar surface area (TPSA) is 29.9 Å². The third-order valence-corrected chi connectivity index (χ3v) is 4.22. The van der Waals surface area contributed by atoms with Crippen LogP contribution in [0.25, 0.3) is 0 Å². The zero-order chi connectivity index (χ0) is 13.1. The van der Waals surface area contributed by atoms with Gasteiger partial charge in [-0.05, 0) is 32.5 Å². The largest absolute Gasteiger partial charge is 0.305 e. The summed E-state index contributed by atoms with van der Waals surface area (Å²) in [7, 11) is 0. The Hall–Kier alpha value is -0.840. The van der Waals surface area contributed by atoms with Crippen molar-refractivity contribution in [2.75, 3.05) is 6.54 Å². The van der Waals surface area contributed by atoms with Crippen molar-refractivity contribution in [3.63, 3.8) is 0 Å². The van der Waals surface area contributed by atoms with Crippen LogP contribution in [-0.2, 0) is 6.54 Å². The van der Waals surface area contributed by atoms with Crippen molar-refractivity contribution in [2.24, 2.45) is 0 Å². The van der Waals surface area contributed by atoms with Gasteiger partial charge in [0, 0.05) is 16.3 Å². The number of nitrogens with one attached hydrogen (secondary N) is 1. The second-order valence-electron chi connectivity index (χ2n) is 4.13. The molecule has 1 unspecified atom stereocenters. The molecule has 0 aliphatic carbocycles. The first-order valence-corrected chi connectivity index (χ1v) is 7.37. The van der Waals surface area contributed by atoms with Crippen molar-refractivity contribution in [3.8, 4) is 0 Å². The predicted octanol–water partition coefficient (Wildman–Crippen LogP) is 3.63. The molecule has 0 saturated carbocycles. The lowest BCUT2D eigenvalue weighted by Crippen LogP contribution is -2.24. The molecule has 2 rings (SSSR count). The molecule has 0 aliphatic heterocycles. The van der Waals surface area contributed by atoms with Gasteiger partial charge in [-0.2, -0.15) is 5.10 Å². The smallest absolute Gasteiger partial charge is 0.0857 e. The first-order valence-electron chi connectivity index (χ1n) is 6.18. The van der Waals surface area contributed by atoms with Crippen molar-refractivity contribution in [2.45, 2.75) is 33.4 Å². The van der Waals surface area contributed by atoms with Gasteiger partial charge in [0.2, 0.25) is 0 Å². The van der Waals surface area contributed by atoms with Crippen molar-refractivity contribution in [3.05, 3.63) is 38.8 Å². The molecule has 5 heteroatoms. The standard InChI is InChI=1S/C13H18ClN3S/c1-4-15-12(11-7-6-9(3)18-11)13-10(14)8-16-17(13)5-2/h6-8,12,15H,4-5H2,1-3H3. The SMILES string of the molecule is CCNC(c1ccc(C)s1)c1c(Cl)cnn1CC. The summed E-state index contributed by atoms with van der Waals surface area (Å²) in [6.45, 7) is 8.03. The highest BCUT2D eigenvalue weighted by Gasteiger charge is 2.22. The Morgan fingerprint density at radius 3 is 2.78 bits per heavy atom. The minimum absolute atomic E-state index is 0.128. The van der Waals surface area contributed by atoms with Crippen LogP contribution in [-0.4, -0.2) is 16.3 Å². The van der Waals surface area contributed by atoms with Crippen LogP contribution in [0.2, 0.25) is 5.02 Å². The Bertz CT molecular complexity index is 518. The number of halogens is 1. The minimum Gasteiger partial charge on any atom is -0.305 e. The molecule has 0 radical (unpaired) electrons. The van der Waals surface area contributed by atoms with E-state index in [9.17, 15) is 0 Å². The summed E-state index contributed by atoms with van der Waals surface area (Å²) < 4.78 is 1.96. The van der Waals surface area contributed by atoms with Crippen LogP contribution in [0.1, 0.15) is 35.3 Å². The number of aryl methyl sites for hydroxylation is 2. The average molecular weight is 284 g/mol. The maximum atomic E-state index is 6.29. The molecular formula is C13H18ClN3S. The molecule has 0 saturated heterocycles. The van der Waals surface area contributed by atoms with Crippen molar-refractivity contribution >= 4 is 22.9 Å². The highest BCUT2D eigenvalue weighted by atomic mass is 35.5. The van der Waals surface area contributed by atoms with E-state index in [1.165, 1.54) is 9.75 Å². The van der Waals surface area contributed by atoms with Crippen molar-refractivity contribution in [1.29, 1.82) is 0 Å². The number of hydrogen-bond donors (Lipinski definition) is 1. The van der Waals surface area contributed by atoms with Crippen LogP contribution in [0.5, 0.6) is 0 Å². The van der Waals surface area contributed by atoms with E-state index in [-0.39, 0.29) is 6.04 Å². The number of thiophene rings is 1. The average Bonchev–Trinajstić information content (AvgIpc) is 2.93. The fourth-order valence-corrected chi connectivity index (χ4v) is 3.26. The molecule has 2 aromatic rings. The van der Waals surface area contributed by atoms with Gasteiger partial charge < -0.3 is 5.32 Å². The van der Waals surface area contributed by atoms with Crippen LogP contribution in [0.3, 0.4) is 0 Å². The van der Waals surface area contributed by atoms with Crippen molar-refractivity contribution in [1.82, 2.24) is 15.1 Å². The van der Waals surface area contributed by atoms with E-state index in [0.717, 1.165) is 23.8 Å². The highest BCUT2D eigenvalue weighted by molar-refractivity contribution is 7.12. The second kappa shape index (κ2) is 5.87. The Labute approximate surface area is 117 Å². The van der Waals surface area contributed by atoms with Crippen LogP contribution in [0.4, 0.5) is 0 Å². The van der Waals surface area contributed by atoms with E-state index < -0.39 is 0 Å². The number of hydrogen-bond acceptors (Lipinski definition) is 3. The van der Waals surface area contributed by atoms with Crippen LogP contribution in [0.15, 0.2) is 18.3 Å². The molecule has 0 aliphatic rings. The third kappa shape index (κ3) is 2.60. The molecule has 18 heavy (non-hydrogen) atoms. The van der Waals surface area contributed by atoms with Gasteiger partial charge in [0.25, 0.3) is 0 Å². The molecule has 0 fully saturated rings. The van der Waals surface area contributed by atoms with E-state index in [4.69, 9.17) is 11.6 Å². The first-order chi connectivity index (χ1) is 8.67. The number of aromatic nitrogens is 2. The van der Waals surface area contributed by atoms with Gasteiger partial charge in [-0.3, -0.25) is 4.68 Å². The molecule has 1 atom stereocenters. The number of rotatable bonds is 5. The van der Waals surface area contributed by atoms with Gasteiger partial charge in [-0.1, -0.05) is 18.5 Å². The second-order valence-corrected chi connectivity index (χ2v) is 5.86. The van der Waals surface area contributed by atoms with Crippen LogP contribution < -0.4 is 5.32 Å². The van der Waals surface area contributed by atoms with E-state index in [1.54, 1.807) is 17.5 Å². The zero-order valence-electron chi connectivity index (χ0n) is 10.9. The monoisotopic (exact) mass is 283 g/mol. The maximum Gasteiger partial charge on any atom is 0.0857 e. The Kier molecular flexibility index (Phi) is 4.43. The summed E-state index contributed by atoms with van der Waals surface area (Å²) in [6.07, 6.45) is 1.73. The molecule has 0 aromatic carbocycles. The number of nitrogens with zero attached hydrogens (tertiary/aromatic N) is 2. The highest BCUT2D eigenvalue weighted by Crippen LogP contribution is 2.32. The summed E-state index contributed by atoms with van der Waals surface area (Å²) in [5, 5.41) is 8.54. The quantitative estimate of drug-likeness (QED) is 0.908. The third-order valence-electron chi connectivity index (χ3n) is 2.86. The minimum atomic E-state index is 0.128. The predicted molar refractivity (Wildman–Crippen MR) is 77.5 cm³/mol. The van der Waals surface area contributed by atoms with Gasteiger partial charge in [-0.25, -0.2) is 0 Å². The lowest BCUT2D eigenvalue weighted by Gasteiger charge is -2.18. The molecule has 98 valence electrons. The zero-order valence-corrected chi connectivity index (χ0v) is 12.5. The summed E-state index contributed by atoms with van der Waals surface area (Å²) in [4.78, 5) is 2.60. The lowest BCUT2D eigenvalue weighted by atomic mass is 10.1. The van der Waals surface area contributed by atoms with Gasteiger partial charge >= 0.3 is 0 Å². The Balaban J connectivity index is 2.43. The molecule has 0 spiro atoms. The molecule has 2 heterocycles. The Morgan fingerprint density at radius 1 is 1.44 bits per heavy atom. The van der Waals surface area contributed by atoms with Gasteiger partial charge in [0.1, 0.15) is 0 Å². The normalized spacial score (nSPS) is 12.9. The summed E-state index contributed by atoms with van der Waals surface area (Å²) in [5.74, 6) is 0. The van der Waals surface area contributed by atoms with E-state index >= 15 is 0 Å². The Morgan fingerprint density at radius 2 is 2.22 bits per heavy atom. The van der Waals surface area contributed by atoms with Crippen LogP contribution in [0, 0.1) is 6.92 Å². The summed E-state index contributed by atoms with van der Waals surface area (Å²) in [5.41, 5.74) is 1.06. The molecule has 2 aromatic heterocycles. The van der Waals surface area contributed by atoms with E-state index in [2.05, 4.69) is 43.3 Å². The van der Waals surface area contributed by atoms with E-state index in [0.29, 0.717) is 0 Å². The lowest BCUT2D eigenvalue weighted by molar-refractivity contribution is 0.547. The van der Waals surface area contributed by atoms with Crippen LogP contribution >= 0.6 is 22.9 Å². The molecule has 0 amide bonds. The first kappa shape index (κ1) is 13.6. The molecule has 1 N–H and O–H groups in total. The maximum absolute atomic E-state index is 6.29. The van der Waals surface area contributed by atoms with Gasteiger partial charge in [-0.15, -0.1) is 11.3 Å². The molecule has 0 bridgehead atoms. The fourth-order valence-electron chi connectivity index (χ4n) is 2.06. The van der Waals surface area contributed by atoms with E-state index in [1.807, 2.05) is 4.68 Å². The summed E-state index contributed by atoms with van der Waals surface area (Å²) >= 11 is 8.09. The fraction of sp³-hybridized carbons (Fsp3) is 0.462. The van der Waals surface area contributed by atoms with Gasteiger partial charge in [0.05, 0.1) is 23.0 Å². The van der Waals surface area contributed by atoms with Gasteiger partial charge in [0.15, 0.2) is 0 Å².